The molecule has 12 heteroatoms. The Kier molecular flexibility index (Phi) is 9.82. The summed E-state index contributed by atoms with van der Waals surface area (Å²) in [5, 5.41) is 25.3. The maximum Gasteiger partial charge on any atom is 0.200 e. The van der Waals surface area contributed by atoms with Gasteiger partial charge in [-0.15, -0.1) is 0 Å². The van der Waals surface area contributed by atoms with Crippen molar-refractivity contribution in [1.82, 2.24) is 0 Å². The van der Waals surface area contributed by atoms with E-state index in [1.54, 1.807) is 0 Å². The molecule has 2 nitrogen and oxygen atoms in total. The van der Waals surface area contributed by atoms with Gasteiger partial charge in [0.15, 0.2) is 57.7 Å². The van der Waals surface area contributed by atoms with Crippen molar-refractivity contribution >= 4 is 0 Å². The third kappa shape index (κ3) is 5.59. The van der Waals surface area contributed by atoms with Gasteiger partial charge in [0, 0.05) is 0 Å². The average molecular weight is 711 g/mol. The zero-order chi connectivity index (χ0) is 36.1. The third-order valence-corrected chi connectivity index (χ3v) is 10.5. The van der Waals surface area contributed by atoms with Crippen LogP contribution in [0.1, 0.15) is 109 Å². The van der Waals surface area contributed by atoms with Crippen molar-refractivity contribution in [3.63, 3.8) is 0 Å². The van der Waals surface area contributed by atoms with E-state index >= 15 is 17.6 Å². The molecule has 2 atom stereocenters. The Labute approximate surface area is 281 Å². The smallest absolute Gasteiger partial charge is 0.200 e. The van der Waals surface area contributed by atoms with Crippen LogP contribution in [0.25, 0.3) is 0 Å². The average Bonchev–Trinajstić information content (AvgIpc) is 3.15. The molecule has 0 amide bonds. The standard InChI is InChI=1S/C38H32F10O2/c39-27-25(28(40)32(44)35(47)31(27)43)37(49,23-15-11-21(12-16-23)19-7-3-1-4-8-19)38(50,26-29(41)33(45)36(48)34(46)30(26)42)24-17-13-22(14-18-24)20-9-5-2-6-10-20/h11-20,49-50H,1-10H2. The van der Waals surface area contributed by atoms with Crippen molar-refractivity contribution in [2.24, 2.45) is 0 Å². The highest BCUT2D eigenvalue weighted by molar-refractivity contribution is 5.53. The Hall–Kier alpha value is -3.90. The van der Waals surface area contributed by atoms with E-state index in [4.69, 9.17) is 0 Å². The van der Waals surface area contributed by atoms with Gasteiger partial charge in [-0.3, -0.25) is 0 Å². The van der Waals surface area contributed by atoms with Gasteiger partial charge in [0.2, 0.25) is 11.6 Å². The second-order valence-electron chi connectivity index (χ2n) is 13.2. The largest absolute Gasteiger partial charge is 0.376 e. The van der Waals surface area contributed by atoms with Crippen LogP contribution in [0.4, 0.5) is 43.9 Å². The van der Waals surface area contributed by atoms with Gasteiger partial charge < -0.3 is 10.2 Å². The Morgan fingerprint density at radius 1 is 0.360 bits per heavy atom. The zero-order valence-electron chi connectivity index (χ0n) is 26.5. The van der Waals surface area contributed by atoms with Crippen LogP contribution < -0.4 is 0 Å². The van der Waals surface area contributed by atoms with Gasteiger partial charge >= 0.3 is 0 Å². The van der Waals surface area contributed by atoms with E-state index in [1.807, 2.05) is 0 Å². The summed E-state index contributed by atoms with van der Waals surface area (Å²) in [5.74, 6) is -26.6. The van der Waals surface area contributed by atoms with Crippen molar-refractivity contribution in [2.45, 2.75) is 87.2 Å². The summed E-state index contributed by atoms with van der Waals surface area (Å²) in [4.78, 5) is 0. The second kappa shape index (κ2) is 13.7. The predicted molar refractivity (Wildman–Crippen MR) is 163 cm³/mol. The van der Waals surface area contributed by atoms with Gasteiger partial charge in [0.05, 0.1) is 11.1 Å². The molecule has 2 N–H and O–H groups in total. The van der Waals surface area contributed by atoms with Crippen LogP contribution in [0.3, 0.4) is 0 Å². The Morgan fingerprint density at radius 2 is 0.600 bits per heavy atom. The highest BCUT2D eigenvalue weighted by Gasteiger charge is 2.61. The molecular formula is C38H32F10O2. The second-order valence-corrected chi connectivity index (χ2v) is 13.2. The first-order valence-corrected chi connectivity index (χ1v) is 16.4. The minimum atomic E-state index is -4.13. The van der Waals surface area contributed by atoms with E-state index in [1.165, 1.54) is 24.3 Å². The molecule has 0 aromatic heterocycles. The molecular weight excluding hydrogens is 678 g/mol. The lowest BCUT2D eigenvalue weighted by Gasteiger charge is -2.45. The zero-order valence-corrected chi connectivity index (χ0v) is 26.5. The minimum Gasteiger partial charge on any atom is -0.376 e. The molecule has 0 radical (unpaired) electrons. The van der Waals surface area contributed by atoms with Crippen LogP contribution in [0.5, 0.6) is 0 Å². The molecule has 4 aromatic carbocycles. The molecule has 4 aromatic rings. The van der Waals surface area contributed by atoms with Crippen LogP contribution in [0.15, 0.2) is 48.5 Å². The summed E-state index contributed by atoms with van der Waals surface area (Å²) in [6.45, 7) is 0. The Balaban J connectivity index is 1.71. The summed E-state index contributed by atoms with van der Waals surface area (Å²) >= 11 is 0. The lowest BCUT2D eigenvalue weighted by Crippen LogP contribution is -2.53. The Morgan fingerprint density at radius 3 is 0.860 bits per heavy atom. The van der Waals surface area contributed by atoms with Gasteiger partial charge in [0.25, 0.3) is 0 Å². The number of benzene rings is 4. The van der Waals surface area contributed by atoms with Crippen molar-refractivity contribution in [2.75, 3.05) is 0 Å². The molecule has 6 rings (SSSR count). The fraction of sp³-hybridized carbons (Fsp3) is 0.368. The van der Waals surface area contributed by atoms with Crippen molar-refractivity contribution < 1.29 is 54.1 Å². The van der Waals surface area contributed by atoms with Crippen LogP contribution in [-0.2, 0) is 11.2 Å². The summed E-state index contributed by atoms with van der Waals surface area (Å²) in [6.07, 6.45) is 8.40. The normalized spacial score (nSPS) is 18.6. The molecule has 2 aliphatic carbocycles. The lowest BCUT2D eigenvalue weighted by molar-refractivity contribution is -0.121. The molecule has 0 aliphatic heterocycles. The van der Waals surface area contributed by atoms with Gasteiger partial charge in [-0.25, -0.2) is 43.9 Å². The van der Waals surface area contributed by atoms with Gasteiger partial charge in [-0.2, -0.15) is 0 Å². The lowest BCUT2D eigenvalue weighted by atomic mass is 9.65. The number of hydrogen-bond donors (Lipinski definition) is 2. The van der Waals surface area contributed by atoms with Gasteiger partial charge in [-0.1, -0.05) is 87.1 Å². The van der Waals surface area contributed by atoms with E-state index in [0.717, 1.165) is 88.5 Å². The first kappa shape index (κ1) is 35.9. The minimum absolute atomic E-state index is 0.0264. The predicted octanol–water partition coefficient (Wildman–Crippen LogP) is 10.3. The SMILES string of the molecule is OC(c1ccc(C2CCCCC2)cc1)(c1c(F)c(F)c(F)c(F)c1F)C(O)(c1ccc(C2CCCCC2)cc1)c1c(F)c(F)c(F)c(F)c1F. The molecule has 0 heterocycles. The molecule has 2 fully saturated rings. The number of aliphatic hydroxyl groups is 2. The van der Waals surface area contributed by atoms with Crippen molar-refractivity contribution in [3.05, 3.63) is 140 Å². The summed E-state index contributed by atoms with van der Waals surface area (Å²) < 4.78 is 152. The highest BCUT2D eigenvalue weighted by Crippen LogP contribution is 2.54. The summed E-state index contributed by atoms with van der Waals surface area (Å²) in [7, 11) is 0. The van der Waals surface area contributed by atoms with Crippen LogP contribution in [0, 0.1) is 58.2 Å². The summed E-state index contributed by atoms with van der Waals surface area (Å²) in [5.41, 5.74) is -13.1. The first-order chi connectivity index (χ1) is 23.7. The fourth-order valence-electron chi connectivity index (χ4n) is 7.78. The summed E-state index contributed by atoms with van der Waals surface area (Å²) in [6, 6.07) is 9.18. The quantitative estimate of drug-likeness (QED) is 0.114. The number of halogens is 10. The first-order valence-electron chi connectivity index (χ1n) is 16.4. The molecule has 2 saturated carbocycles. The van der Waals surface area contributed by atoms with Gasteiger partial charge in [0.1, 0.15) is 0 Å². The third-order valence-electron chi connectivity index (χ3n) is 10.5. The highest BCUT2D eigenvalue weighted by atomic mass is 19.2. The Bertz CT molecular complexity index is 1700. The van der Waals surface area contributed by atoms with E-state index in [9.17, 15) is 36.6 Å². The molecule has 0 saturated heterocycles. The van der Waals surface area contributed by atoms with Crippen molar-refractivity contribution in [3.8, 4) is 0 Å². The fourth-order valence-corrected chi connectivity index (χ4v) is 7.78. The maximum atomic E-state index is 15.9. The topological polar surface area (TPSA) is 40.5 Å². The van der Waals surface area contributed by atoms with E-state index in [-0.39, 0.29) is 11.8 Å². The van der Waals surface area contributed by atoms with E-state index in [2.05, 4.69) is 0 Å². The van der Waals surface area contributed by atoms with Crippen LogP contribution in [0.2, 0.25) is 0 Å². The van der Waals surface area contributed by atoms with Crippen molar-refractivity contribution in [1.29, 1.82) is 0 Å². The van der Waals surface area contributed by atoms with Crippen LogP contribution in [-0.4, -0.2) is 10.2 Å². The van der Waals surface area contributed by atoms with E-state index < -0.39 is 91.6 Å². The molecule has 0 spiro atoms. The molecule has 2 aliphatic rings. The maximum absolute atomic E-state index is 15.9. The monoisotopic (exact) mass is 710 g/mol. The molecule has 50 heavy (non-hydrogen) atoms. The van der Waals surface area contributed by atoms with Crippen LogP contribution >= 0.6 is 0 Å². The molecule has 266 valence electrons. The number of rotatable bonds is 7. The van der Waals surface area contributed by atoms with E-state index in [0.29, 0.717) is 11.1 Å². The molecule has 0 bridgehead atoms. The molecule has 2 unspecified atom stereocenters. The number of hydrogen-bond acceptors (Lipinski definition) is 2. The van der Waals surface area contributed by atoms with Gasteiger partial charge in [-0.05, 0) is 59.8 Å².